The first kappa shape index (κ1) is 13.7. The molecular weight excluding hydrogens is 288 g/mol. The highest BCUT2D eigenvalue weighted by Crippen LogP contribution is 2.15. The molecule has 0 amide bonds. The third kappa shape index (κ3) is 3.30. The SMILES string of the molecule is COC(=O)c1ccc(CCBr)c(C(=O)OC)c1. The van der Waals surface area contributed by atoms with Gasteiger partial charge in [0.25, 0.3) is 0 Å². The topological polar surface area (TPSA) is 52.6 Å². The van der Waals surface area contributed by atoms with E-state index in [0.29, 0.717) is 17.5 Å². The normalized spacial score (nSPS) is 9.82. The fourth-order valence-electron chi connectivity index (χ4n) is 1.44. The van der Waals surface area contributed by atoms with E-state index in [0.717, 1.165) is 10.9 Å². The molecular formula is C12H13BrO4. The number of hydrogen-bond donors (Lipinski definition) is 0. The second-order valence-corrected chi connectivity index (χ2v) is 4.09. The summed E-state index contributed by atoms with van der Waals surface area (Å²) >= 11 is 3.31. The van der Waals surface area contributed by atoms with Crippen LogP contribution in [0.4, 0.5) is 0 Å². The largest absolute Gasteiger partial charge is 0.465 e. The number of esters is 2. The van der Waals surface area contributed by atoms with Gasteiger partial charge in [0.1, 0.15) is 0 Å². The lowest BCUT2D eigenvalue weighted by molar-refractivity contribution is 0.0598. The maximum atomic E-state index is 11.6. The van der Waals surface area contributed by atoms with Crippen molar-refractivity contribution in [2.24, 2.45) is 0 Å². The van der Waals surface area contributed by atoms with Gasteiger partial charge in [0.15, 0.2) is 0 Å². The first-order chi connectivity index (χ1) is 8.13. The second-order valence-electron chi connectivity index (χ2n) is 3.29. The molecule has 0 unspecified atom stereocenters. The molecule has 0 spiro atoms. The molecule has 0 saturated heterocycles. The van der Waals surface area contributed by atoms with Crippen LogP contribution in [0.2, 0.25) is 0 Å². The molecule has 17 heavy (non-hydrogen) atoms. The average molecular weight is 301 g/mol. The minimum absolute atomic E-state index is 0.339. The van der Waals surface area contributed by atoms with Crippen LogP contribution in [0.15, 0.2) is 18.2 Å². The number of carbonyl (C=O) groups is 2. The number of carbonyl (C=O) groups excluding carboxylic acids is 2. The molecule has 0 aliphatic heterocycles. The van der Waals surface area contributed by atoms with Crippen LogP contribution in [-0.2, 0) is 15.9 Å². The zero-order valence-electron chi connectivity index (χ0n) is 9.66. The van der Waals surface area contributed by atoms with Crippen molar-refractivity contribution in [2.45, 2.75) is 6.42 Å². The second kappa shape index (κ2) is 6.39. The van der Waals surface area contributed by atoms with Crippen molar-refractivity contribution in [3.05, 3.63) is 34.9 Å². The van der Waals surface area contributed by atoms with Gasteiger partial charge in [-0.25, -0.2) is 9.59 Å². The molecule has 0 radical (unpaired) electrons. The molecule has 1 aromatic carbocycles. The summed E-state index contributed by atoms with van der Waals surface area (Å²) in [5, 5.41) is 0.731. The summed E-state index contributed by atoms with van der Waals surface area (Å²) in [4.78, 5) is 22.9. The van der Waals surface area contributed by atoms with Crippen molar-refractivity contribution < 1.29 is 19.1 Å². The maximum absolute atomic E-state index is 11.6. The van der Waals surface area contributed by atoms with Gasteiger partial charge in [-0.2, -0.15) is 0 Å². The van der Waals surface area contributed by atoms with Crippen LogP contribution in [0.1, 0.15) is 26.3 Å². The van der Waals surface area contributed by atoms with E-state index in [4.69, 9.17) is 0 Å². The molecule has 92 valence electrons. The predicted octanol–water partition coefficient (Wildman–Crippen LogP) is 2.20. The molecule has 0 saturated carbocycles. The molecule has 0 N–H and O–H groups in total. The Labute approximate surface area is 108 Å². The van der Waals surface area contributed by atoms with Crippen molar-refractivity contribution in [3.63, 3.8) is 0 Å². The number of rotatable bonds is 4. The number of aryl methyl sites for hydroxylation is 1. The van der Waals surface area contributed by atoms with Crippen LogP contribution in [0, 0.1) is 0 Å². The highest BCUT2D eigenvalue weighted by molar-refractivity contribution is 9.09. The Balaban J connectivity index is 3.18. The number of alkyl halides is 1. The molecule has 0 fully saturated rings. The summed E-state index contributed by atoms with van der Waals surface area (Å²) in [6.45, 7) is 0. The van der Waals surface area contributed by atoms with Gasteiger partial charge in [-0.1, -0.05) is 22.0 Å². The quantitative estimate of drug-likeness (QED) is 0.632. The third-order valence-corrected chi connectivity index (χ3v) is 2.70. The van der Waals surface area contributed by atoms with Crippen molar-refractivity contribution in [1.82, 2.24) is 0 Å². The lowest BCUT2D eigenvalue weighted by Gasteiger charge is -2.08. The molecule has 0 aromatic heterocycles. The lowest BCUT2D eigenvalue weighted by Crippen LogP contribution is -2.10. The smallest absolute Gasteiger partial charge is 0.338 e. The Kier molecular flexibility index (Phi) is 5.15. The molecule has 0 atom stereocenters. The molecule has 1 rings (SSSR count). The zero-order valence-corrected chi connectivity index (χ0v) is 11.2. The fourth-order valence-corrected chi connectivity index (χ4v) is 1.87. The number of benzene rings is 1. The predicted molar refractivity (Wildman–Crippen MR) is 66.6 cm³/mol. The van der Waals surface area contributed by atoms with E-state index in [2.05, 4.69) is 25.4 Å². The van der Waals surface area contributed by atoms with Gasteiger partial charge in [0.2, 0.25) is 0 Å². The van der Waals surface area contributed by atoms with E-state index in [-0.39, 0.29) is 0 Å². The van der Waals surface area contributed by atoms with E-state index in [1.165, 1.54) is 20.3 Å². The minimum Gasteiger partial charge on any atom is -0.465 e. The summed E-state index contributed by atoms with van der Waals surface area (Å²) in [6.07, 6.45) is 0.686. The molecule has 0 heterocycles. The number of hydrogen-bond acceptors (Lipinski definition) is 4. The zero-order chi connectivity index (χ0) is 12.8. The van der Waals surface area contributed by atoms with Gasteiger partial charge >= 0.3 is 11.9 Å². The van der Waals surface area contributed by atoms with E-state index >= 15 is 0 Å². The molecule has 0 aliphatic carbocycles. The van der Waals surface area contributed by atoms with Crippen LogP contribution >= 0.6 is 15.9 Å². The Morgan fingerprint density at radius 3 is 2.35 bits per heavy atom. The highest BCUT2D eigenvalue weighted by atomic mass is 79.9. The Morgan fingerprint density at radius 1 is 1.18 bits per heavy atom. The van der Waals surface area contributed by atoms with Gasteiger partial charge in [-0.3, -0.25) is 0 Å². The Hall–Kier alpha value is -1.36. The van der Waals surface area contributed by atoms with Crippen molar-refractivity contribution in [1.29, 1.82) is 0 Å². The van der Waals surface area contributed by atoms with E-state index in [9.17, 15) is 9.59 Å². The minimum atomic E-state index is -0.472. The van der Waals surface area contributed by atoms with Gasteiger partial charge in [0, 0.05) is 5.33 Å². The van der Waals surface area contributed by atoms with Gasteiger partial charge in [-0.15, -0.1) is 0 Å². The standard InChI is InChI=1S/C12H13BrO4/c1-16-11(14)9-4-3-8(5-6-13)10(7-9)12(15)17-2/h3-4,7H,5-6H2,1-2H3. The van der Waals surface area contributed by atoms with Crippen LogP contribution < -0.4 is 0 Å². The molecule has 1 aromatic rings. The Bertz CT molecular complexity index is 429. The summed E-state index contributed by atoms with van der Waals surface area (Å²) in [5.74, 6) is -0.924. The number of methoxy groups -OCH3 is 2. The van der Waals surface area contributed by atoms with Crippen LogP contribution in [0.5, 0.6) is 0 Å². The monoisotopic (exact) mass is 300 g/mol. The number of halogens is 1. The van der Waals surface area contributed by atoms with Crippen molar-refractivity contribution in [3.8, 4) is 0 Å². The molecule has 4 nitrogen and oxygen atoms in total. The van der Waals surface area contributed by atoms with Gasteiger partial charge in [-0.05, 0) is 24.1 Å². The third-order valence-electron chi connectivity index (χ3n) is 2.30. The van der Waals surface area contributed by atoms with Crippen LogP contribution in [0.25, 0.3) is 0 Å². The summed E-state index contributed by atoms with van der Waals surface area (Å²) in [5.41, 5.74) is 1.57. The lowest BCUT2D eigenvalue weighted by atomic mass is 10.0. The number of ether oxygens (including phenoxy) is 2. The van der Waals surface area contributed by atoms with E-state index in [1.54, 1.807) is 12.1 Å². The van der Waals surface area contributed by atoms with E-state index in [1.807, 2.05) is 0 Å². The van der Waals surface area contributed by atoms with Crippen molar-refractivity contribution >= 4 is 27.9 Å². The molecule has 5 heteroatoms. The first-order valence-electron chi connectivity index (χ1n) is 4.99. The van der Waals surface area contributed by atoms with Crippen LogP contribution in [-0.4, -0.2) is 31.5 Å². The van der Waals surface area contributed by atoms with E-state index < -0.39 is 11.9 Å². The maximum Gasteiger partial charge on any atom is 0.338 e. The fraction of sp³-hybridized carbons (Fsp3) is 0.333. The summed E-state index contributed by atoms with van der Waals surface area (Å²) in [6, 6.07) is 4.87. The average Bonchev–Trinajstić information content (AvgIpc) is 2.37. The molecule has 0 bridgehead atoms. The van der Waals surface area contributed by atoms with Gasteiger partial charge in [0.05, 0.1) is 25.3 Å². The first-order valence-corrected chi connectivity index (χ1v) is 6.11. The van der Waals surface area contributed by atoms with Gasteiger partial charge < -0.3 is 9.47 Å². The summed E-state index contributed by atoms with van der Waals surface area (Å²) in [7, 11) is 2.61. The summed E-state index contributed by atoms with van der Waals surface area (Å²) < 4.78 is 9.29. The Morgan fingerprint density at radius 2 is 1.82 bits per heavy atom. The highest BCUT2D eigenvalue weighted by Gasteiger charge is 2.15. The van der Waals surface area contributed by atoms with Crippen molar-refractivity contribution in [2.75, 3.05) is 19.5 Å². The van der Waals surface area contributed by atoms with Crippen LogP contribution in [0.3, 0.4) is 0 Å². The molecule has 0 aliphatic rings.